The Morgan fingerprint density at radius 3 is 1.12 bits per heavy atom. The molecule has 0 spiro atoms. The first-order valence-corrected chi connectivity index (χ1v) is 6.57. The Balaban J connectivity index is 2.79. The second-order valence-electron chi connectivity index (χ2n) is 7.34. The van der Waals surface area contributed by atoms with Crippen LogP contribution in [0.4, 0.5) is 0 Å². The summed E-state index contributed by atoms with van der Waals surface area (Å²) in [5, 5.41) is 0. The molecule has 2 heteroatoms. The lowest BCUT2D eigenvalue weighted by Crippen LogP contribution is -2.65. The topological polar surface area (TPSA) is 6.48 Å². The second kappa shape index (κ2) is 4.30. The van der Waals surface area contributed by atoms with Crippen LogP contribution in [0.2, 0.25) is 0 Å². The van der Waals surface area contributed by atoms with Gasteiger partial charge in [-0.25, -0.2) is 0 Å². The first-order valence-electron chi connectivity index (χ1n) is 6.57. The van der Waals surface area contributed by atoms with E-state index in [1.807, 2.05) is 0 Å². The summed E-state index contributed by atoms with van der Waals surface area (Å²) in [5.74, 6) is 0. The Kier molecular flexibility index (Phi) is 3.76. The SMILES string of the molecule is C[C@H]1CN(C(C)(C)C)[C@@H](C)CN1C(C)(C)C. The number of hydrogen-bond acceptors (Lipinski definition) is 2. The van der Waals surface area contributed by atoms with E-state index in [0.717, 1.165) is 0 Å². The highest BCUT2D eigenvalue weighted by Gasteiger charge is 2.38. The molecule has 1 aliphatic heterocycles. The van der Waals surface area contributed by atoms with Crippen LogP contribution >= 0.6 is 0 Å². The highest BCUT2D eigenvalue weighted by Crippen LogP contribution is 2.28. The van der Waals surface area contributed by atoms with Gasteiger partial charge in [0.1, 0.15) is 0 Å². The third-order valence-electron chi connectivity index (χ3n) is 3.71. The predicted molar refractivity (Wildman–Crippen MR) is 71.8 cm³/mol. The third kappa shape index (κ3) is 2.98. The standard InChI is InChI=1S/C14H30N2/c1-11-9-16(14(6,7)8)12(2)10-15(11)13(3,4)5/h11-12H,9-10H2,1-8H3/t11-,12-/m0/s1. The Bertz CT molecular complexity index is 208. The van der Waals surface area contributed by atoms with Gasteiger partial charge >= 0.3 is 0 Å². The van der Waals surface area contributed by atoms with Gasteiger partial charge in [-0.1, -0.05) is 0 Å². The highest BCUT2D eigenvalue weighted by atomic mass is 15.3. The first kappa shape index (κ1) is 14.0. The van der Waals surface area contributed by atoms with Crippen molar-refractivity contribution in [3.8, 4) is 0 Å². The van der Waals surface area contributed by atoms with Crippen molar-refractivity contribution in [2.45, 2.75) is 78.6 Å². The minimum Gasteiger partial charge on any atom is -0.293 e. The number of hydrogen-bond donors (Lipinski definition) is 0. The Morgan fingerprint density at radius 1 is 0.688 bits per heavy atom. The summed E-state index contributed by atoms with van der Waals surface area (Å²) < 4.78 is 0. The maximum Gasteiger partial charge on any atom is 0.0201 e. The molecule has 0 amide bonds. The fraction of sp³-hybridized carbons (Fsp3) is 1.00. The molecule has 96 valence electrons. The molecular formula is C14H30N2. The van der Waals surface area contributed by atoms with Crippen molar-refractivity contribution in [2.24, 2.45) is 0 Å². The molecule has 0 bridgehead atoms. The Morgan fingerprint density at radius 2 is 0.938 bits per heavy atom. The average molecular weight is 226 g/mol. The molecule has 1 aliphatic rings. The zero-order chi connectivity index (χ0) is 12.7. The molecule has 0 aliphatic carbocycles. The Labute approximate surface area is 102 Å². The van der Waals surface area contributed by atoms with Gasteiger partial charge in [-0.05, 0) is 55.4 Å². The summed E-state index contributed by atoms with van der Waals surface area (Å²) in [6.45, 7) is 21.0. The van der Waals surface area contributed by atoms with E-state index in [4.69, 9.17) is 0 Å². The molecule has 2 atom stereocenters. The van der Waals surface area contributed by atoms with Gasteiger partial charge in [0.2, 0.25) is 0 Å². The number of nitrogens with zero attached hydrogens (tertiary/aromatic N) is 2. The highest BCUT2D eigenvalue weighted by molar-refractivity contribution is 4.94. The zero-order valence-corrected chi connectivity index (χ0v) is 12.5. The maximum atomic E-state index is 2.64. The van der Waals surface area contributed by atoms with Crippen LogP contribution in [-0.4, -0.2) is 46.1 Å². The van der Waals surface area contributed by atoms with Crippen LogP contribution in [-0.2, 0) is 0 Å². The van der Waals surface area contributed by atoms with Gasteiger partial charge < -0.3 is 0 Å². The molecule has 16 heavy (non-hydrogen) atoms. The van der Waals surface area contributed by atoms with E-state index in [2.05, 4.69) is 65.2 Å². The van der Waals surface area contributed by atoms with Gasteiger partial charge in [0.05, 0.1) is 0 Å². The largest absolute Gasteiger partial charge is 0.293 e. The fourth-order valence-electron chi connectivity index (χ4n) is 3.00. The zero-order valence-electron chi connectivity index (χ0n) is 12.5. The Hall–Kier alpha value is -0.0800. The molecule has 0 aromatic carbocycles. The summed E-state index contributed by atoms with van der Waals surface area (Å²) >= 11 is 0. The van der Waals surface area contributed by atoms with E-state index < -0.39 is 0 Å². The lowest BCUT2D eigenvalue weighted by molar-refractivity contribution is -0.0470. The van der Waals surface area contributed by atoms with Crippen molar-refractivity contribution in [3.63, 3.8) is 0 Å². The molecule has 0 radical (unpaired) electrons. The van der Waals surface area contributed by atoms with E-state index in [9.17, 15) is 0 Å². The van der Waals surface area contributed by atoms with Crippen LogP contribution in [0.1, 0.15) is 55.4 Å². The van der Waals surface area contributed by atoms with Crippen molar-refractivity contribution >= 4 is 0 Å². The molecular weight excluding hydrogens is 196 g/mol. The average Bonchev–Trinajstić information content (AvgIpc) is 2.04. The van der Waals surface area contributed by atoms with E-state index in [0.29, 0.717) is 12.1 Å². The lowest BCUT2D eigenvalue weighted by atomic mass is 9.94. The predicted octanol–water partition coefficient (Wildman–Crippen LogP) is 2.98. The monoisotopic (exact) mass is 226 g/mol. The van der Waals surface area contributed by atoms with Gasteiger partial charge in [-0.2, -0.15) is 0 Å². The molecule has 0 unspecified atom stereocenters. The molecule has 0 aromatic heterocycles. The van der Waals surface area contributed by atoms with Crippen molar-refractivity contribution in [3.05, 3.63) is 0 Å². The molecule has 0 N–H and O–H groups in total. The van der Waals surface area contributed by atoms with Crippen LogP contribution in [0, 0.1) is 0 Å². The van der Waals surface area contributed by atoms with Crippen molar-refractivity contribution < 1.29 is 0 Å². The summed E-state index contributed by atoms with van der Waals surface area (Å²) in [4.78, 5) is 5.28. The molecule has 0 aromatic rings. The fourth-order valence-corrected chi connectivity index (χ4v) is 3.00. The minimum absolute atomic E-state index is 0.289. The van der Waals surface area contributed by atoms with Crippen LogP contribution in [0.25, 0.3) is 0 Å². The summed E-state index contributed by atoms with van der Waals surface area (Å²) in [7, 11) is 0. The van der Waals surface area contributed by atoms with E-state index >= 15 is 0 Å². The maximum absolute atomic E-state index is 2.64. The van der Waals surface area contributed by atoms with Gasteiger partial charge in [-0.3, -0.25) is 9.80 Å². The van der Waals surface area contributed by atoms with E-state index in [1.165, 1.54) is 13.1 Å². The van der Waals surface area contributed by atoms with Crippen LogP contribution in [0.3, 0.4) is 0 Å². The number of rotatable bonds is 0. The summed E-state index contributed by atoms with van der Waals surface area (Å²) in [6.07, 6.45) is 0. The van der Waals surface area contributed by atoms with Gasteiger partial charge in [-0.15, -0.1) is 0 Å². The van der Waals surface area contributed by atoms with Gasteiger partial charge in [0, 0.05) is 36.3 Å². The van der Waals surface area contributed by atoms with Crippen molar-refractivity contribution in [1.29, 1.82) is 0 Å². The summed E-state index contributed by atoms with van der Waals surface area (Å²) in [5.41, 5.74) is 0.579. The molecule has 1 rings (SSSR count). The van der Waals surface area contributed by atoms with Crippen LogP contribution < -0.4 is 0 Å². The molecule has 0 saturated carbocycles. The number of piperazine rings is 1. The molecule has 1 heterocycles. The first-order chi connectivity index (χ1) is 7.03. The lowest BCUT2D eigenvalue weighted by Gasteiger charge is -2.53. The molecule has 1 saturated heterocycles. The van der Waals surface area contributed by atoms with E-state index in [-0.39, 0.29) is 11.1 Å². The van der Waals surface area contributed by atoms with Gasteiger partial charge in [0.25, 0.3) is 0 Å². The normalized spacial score (nSPS) is 30.8. The minimum atomic E-state index is 0.289. The molecule has 1 fully saturated rings. The smallest absolute Gasteiger partial charge is 0.0201 e. The van der Waals surface area contributed by atoms with Crippen LogP contribution in [0.5, 0.6) is 0 Å². The van der Waals surface area contributed by atoms with Crippen molar-refractivity contribution in [2.75, 3.05) is 13.1 Å². The van der Waals surface area contributed by atoms with Crippen LogP contribution in [0.15, 0.2) is 0 Å². The van der Waals surface area contributed by atoms with Crippen molar-refractivity contribution in [1.82, 2.24) is 9.80 Å². The quantitative estimate of drug-likeness (QED) is 0.626. The second-order valence-corrected chi connectivity index (χ2v) is 7.34. The summed E-state index contributed by atoms with van der Waals surface area (Å²) in [6, 6.07) is 1.30. The van der Waals surface area contributed by atoms with E-state index in [1.54, 1.807) is 0 Å². The third-order valence-corrected chi connectivity index (χ3v) is 3.71. The molecule has 2 nitrogen and oxygen atoms in total. The van der Waals surface area contributed by atoms with Gasteiger partial charge in [0.15, 0.2) is 0 Å².